The quantitative estimate of drug-likeness (QED) is 0.723. The largest absolute Gasteiger partial charge is 0.391 e. The maximum Gasteiger partial charge on any atom is 0.319 e. The molecule has 0 bridgehead atoms. The van der Waals surface area contributed by atoms with Gasteiger partial charge in [0.2, 0.25) is 0 Å². The van der Waals surface area contributed by atoms with Crippen LogP contribution in [0.2, 0.25) is 0 Å². The molecule has 2 amide bonds. The Bertz CT molecular complexity index is 498. The predicted molar refractivity (Wildman–Crippen MR) is 79.0 cm³/mol. The molecule has 0 aromatic heterocycles. The molecule has 0 spiro atoms. The van der Waals surface area contributed by atoms with Gasteiger partial charge in [-0.05, 0) is 43.5 Å². The van der Waals surface area contributed by atoms with Crippen molar-refractivity contribution in [1.82, 2.24) is 5.32 Å². The zero-order valence-electron chi connectivity index (χ0n) is 12.4. The molecule has 5 nitrogen and oxygen atoms in total. The maximum atomic E-state index is 11.7. The fraction of sp³-hybridized carbons (Fsp3) is 0.467. The Morgan fingerprint density at radius 3 is 2.45 bits per heavy atom. The number of aliphatic hydroxyl groups is 1. The van der Waals surface area contributed by atoms with Gasteiger partial charge in [0.15, 0.2) is 5.78 Å². The first-order valence-corrected chi connectivity index (χ1v) is 6.65. The van der Waals surface area contributed by atoms with Crippen molar-refractivity contribution in [2.45, 2.75) is 33.8 Å². The van der Waals surface area contributed by atoms with Crippen molar-refractivity contribution < 1.29 is 14.7 Å². The van der Waals surface area contributed by atoms with E-state index in [1.54, 1.807) is 18.2 Å². The van der Waals surface area contributed by atoms with E-state index in [2.05, 4.69) is 10.6 Å². The number of rotatable bonds is 5. The van der Waals surface area contributed by atoms with Gasteiger partial charge in [-0.25, -0.2) is 4.79 Å². The van der Waals surface area contributed by atoms with E-state index in [0.29, 0.717) is 11.3 Å². The molecule has 1 unspecified atom stereocenters. The van der Waals surface area contributed by atoms with Crippen LogP contribution < -0.4 is 10.6 Å². The van der Waals surface area contributed by atoms with Crippen LogP contribution in [-0.2, 0) is 0 Å². The zero-order chi connectivity index (χ0) is 15.3. The number of carbonyl (C=O) groups excluding carboxylic acids is 2. The lowest BCUT2D eigenvalue weighted by atomic mass is 10.1. The highest BCUT2D eigenvalue weighted by atomic mass is 16.3. The number of aryl methyl sites for hydroxylation is 1. The molecule has 0 saturated heterocycles. The van der Waals surface area contributed by atoms with E-state index in [1.807, 2.05) is 20.8 Å². The van der Waals surface area contributed by atoms with Crippen molar-refractivity contribution in [3.05, 3.63) is 29.3 Å². The molecule has 0 radical (unpaired) electrons. The Balaban J connectivity index is 2.58. The van der Waals surface area contributed by atoms with Crippen molar-refractivity contribution in [3.63, 3.8) is 0 Å². The van der Waals surface area contributed by atoms with Crippen LogP contribution >= 0.6 is 0 Å². The number of urea groups is 1. The van der Waals surface area contributed by atoms with E-state index in [0.717, 1.165) is 5.56 Å². The zero-order valence-corrected chi connectivity index (χ0v) is 12.4. The number of carbonyl (C=O) groups is 2. The molecule has 0 aliphatic carbocycles. The second-order valence-corrected chi connectivity index (χ2v) is 5.23. The highest BCUT2D eigenvalue weighted by Crippen LogP contribution is 2.15. The van der Waals surface area contributed by atoms with Crippen LogP contribution in [0, 0.1) is 12.8 Å². The third kappa shape index (κ3) is 4.66. The smallest absolute Gasteiger partial charge is 0.319 e. The second-order valence-electron chi connectivity index (χ2n) is 5.23. The topological polar surface area (TPSA) is 78.4 Å². The summed E-state index contributed by atoms with van der Waals surface area (Å²) in [5.41, 5.74) is 2.08. The third-order valence-electron chi connectivity index (χ3n) is 3.10. The average Bonchev–Trinajstić information content (AvgIpc) is 2.35. The van der Waals surface area contributed by atoms with E-state index in [-0.39, 0.29) is 24.3 Å². The van der Waals surface area contributed by atoms with E-state index in [4.69, 9.17) is 0 Å². The fourth-order valence-corrected chi connectivity index (χ4v) is 1.74. The van der Waals surface area contributed by atoms with Crippen LogP contribution in [0.4, 0.5) is 10.5 Å². The van der Waals surface area contributed by atoms with Crippen LogP contribution in [0.1, 0.15) is 36.7 Å². The van der Waals surface area contributed by atoms with Gasteiger partial charge < -0.3 is 15.7 Å². The van der Waals surface area contributed by atoms with Gasteiger partial charge in [-0.3, -0.25) is 4.79 Å². The van der Waals surface area contributed by atoms with Crippen LogP contribution in [-0.4, -0.2) is 29.6 Å². The summed E-state index contributed by atoms with van der Waals surface area (Å²) in [5.74, 6) is 0.0888. The highest BCUT2D eigenvalue weighted by Gasteiger charge is 2.11. The molecule has 1 aromatic rings. The van der Waals surface area contributed by atoms with E-state index in [9.17, 15) is 14.7 Å². The molecule has 20 heavy (non-hydrogen) atoms. The molecule has 110 valence electrons. The molecular formula is C15H22N2O3. The molecule has 0 aliphatic heterocycles. The standard InChI is InChI=1S/C15H22N2O3/c1-9(2)14(19)8-16-15(20)17-12-5-6-13(11(4)18)10(3)7-12/h5-7,9,14,19H,8H2,1-4H3,(H2,16,17,20). The molecule has 0 saturated carbocycles. The Morgan fingerprint density at radius 2 is 1.95 bits per heavy atom. The van der Waals surface area contributed by atoms with Crippen molar-refractivity contribution in [2.75, 3.05) is 11.9 Å². The summed E-state index contributed by atoms with van der Waals surface area (Å²) in [4.78, 5) is 23.0. The molecule has 0 heterocycles. The SMILES string of the molecule is CC(=O)c1ccc(NC(=O)NCC(O)C(C)C)cc1C. The van der Waals surface area contributed by atoms with Crippen LogP contribution in [0.25, 0.3) is 0 Å². The predicted octanol–water partition coefficient (Wildman–Crippen LogP) is 2.34. The number of aliphatic hydroxyl groups excluding tert-OH is 1. The minimum absolute atomic E-state index is 0.00134. The maximum absolute atomic E-state index is 11.7. The number of benzene rings is 1. The van der Waals surface area contributed by atoms with Gasteiger partial charge in [0, 0.05) is 17.8 Å². The molecule has 0 fully saturated rings. The average molecular weight is 278 g/mol. The molecule has 1 aromatic carbocycles. The third-order valence-corrected chi connectivity index (χ3v) is 3.10. The first-order valence-electron chi connectivity index (χ1n) is 6.65. The summed E-state index contributed by atoms with van der Waals surface area (Å²) in [6.07, 6.45) is -0.567. The summed E-state index contributed by atoms with van der Waals surface area (Å²) in [6, 6.07) is 4.74. The van der Waals surface area contributed by atoms with Crippen LogP contribution in [0.3, 0.4) is 0 Å². The number of anilines is 1. The Hall–Kier alpha value is -1.88. The van der Waals surface area contributed by atoms with Gasteiger partial charge in [0.05, 0.1) is 6.10 Å². The van der Waals surface area contributed by atoms with Crippen molar-refractivity contribution in [1.29, 1.82) is 0 Å². The fourth-order valence-electron chi connectivity index (χ4n) is 1.74. The molecule has 5 heteroatoms. The molecular weight excluding hydrogens is 256 g/mol. The normalized spacial score (nSPS) is 12.1. The molecule has 0 aliphatic rings. The van der Waals surface area contributed by atoms with Crippen molar-refractivity contribution in [3.8, 4) is 0 Å². The van der Waals surface area contributed by atoms with Crippen molar-refractivity contribution >= 4 is 17.5 Å². The summed E-state index contributed by atoms with van der Waals surface area (Å²) < 4.78 is 0. The van der Waals surface area contributed by atoms with Gasteiger partial charge in [-0.2, -0.15) is 0 Å². The van der Waals surface area contributed by atoms with Gasteiger partial charge in [0.1, 0.15) is 0 Å². The number of ketones is 1. The number of hydrogen-bond donors (Lipinski definition) is 3. The summed E-state index contributed by atoms with van der Waals surface area (Å²) in [6.45, 7) is 7.30. The number of Topliss-reactive ketones (excluding diaryl/α,β-unsaturated/α-hetero) is 1. The van der Waals surface area contributed by atoms with Crippen LogP contribution in [0.5, 0.6) is 0 Å². The lowest BCUT2D eigenvalue weighted by Crippen LogP contribution is -2.37. The summed E-state index contributed by atoms with van der Waals surface area (Å²) in [7, 11) is 0. The highest BCUT2D eigenvalue weighted by molar-refractivity contribution is 5.96. The number of nitrogens with one attached hydrogen (secondary N) is 2. The van der Waals surface area contributed by atoms with Crippen molar-refractivity contribution in [2.24, 2.45) is 5.92 Å². The van der Waals surface area contributed by atoms with E-state index >= 15 is 0 Å². The summed E-state index contributed by atoms with van der Waals surface area (Å²) >= 11 is 0. The minimum atomic E-state index is -0.567. The lowest BCUT2D eigenvalue weighted by Gasteiger charge is -2.15. The second kappa shape index (κ2) is 7.05. The summed E-state index contributed by atoms with van der Waals surface area (Å²) in [5, 5.41) is 14.9. The number of amides is 2. The number of hydrogen-bond acceptors (Lipinski definition) is 3. The first-order chi connectivity index (χ1) is 9.31. The molecule has 1 rings (SSSR count). The van der Waals surface area contributed by atoms with E-state index in [1.165, 1.54) is 6.92 Å². The Labute approximate surface area is 119 Å². The Morgan fingerprint density at radius 1 is 1.30 bits per heavy atom. The van der Waals surface area contributed by atoms with E-state index < -0.39 is 6.10 Å². The molecule has 1 atom stereocenters. The monoisotopic (exact) mass is 278 g/mol. The minimum Gasteiger partial charge on any atom is -0.391 e. The first kappa shape index (κ1) is 16.2. The van der Waals surface area contributed by atoms with Gasteiger partial charge in [0.25, 0.3) is 0 Å². The van der Waals surface area contributed by atoms with Gasteiger partial charge >= 0.3 is 6.03 Å². The van der Waals surface area contributed by atoms with Gasteiger partial charge in [-0.15, -0.1) is 0 Å². The van der Waals surface area contributed by atoms with Gasteiger partial charge in [-0.1, -0.05) is 13.8 Å². The Kier molecular flexibility index (Phi) is 5.70. The lowest BCUT2D eigenvalue weighted by molar-refractivity contribution is 0.101. The molecule has 3 N–H and O–H groups in total. The van der Waals surface area contributed by atoms with Crippen LogP contribution in [0.15, 0.2) is 18.2 Å².